The van der Waals surface area contributed by atoms with Gasteiger partial charge in [-0.25, -0.2) is 0 Å². The van der Waals surface area contributed by atoms with Gasteiger partial charge in [-0.1, -0.05) is 32.6 Å². The van der Waals surface area contributed by atoms with E-state index in [1.54, 1.807) is 0 Å². The molecular formula is C15H31NO2Si. The van der Waals surface area contributed by atoms with Gasteiger partial charge in [0.05, 0.1) is 5.67 Å². The number of nitrogens with zero attached hydrogens (tertiary/aromatic N) is 1. The van der Waals surface area contributed by atoms with E-state index in [1.807, 2.05) is 14.2 Å². The van der Waals surface area contributed by atoms with Gasteiger partial charge in [-0.05, 0) is 44.3 Å². The molecule has 4 heteroatoms. The van der Waals surface area contributed by atoms with Crippen molar-refractivity contribution in [2.24, 2.45) is 11.8 Å². The van der Waals surface area contributed by atoms with Crippen molar-refractivity contribution in [3.8, 4) is 0 Å². The Balaban J connectivity index is 2.25. The summed E-state index contributed by atoms with van der Waals surface area (Å²) >= 11 is 0. The molecule has 1 heterocycles. The van der Waals surface area contributed by atoms with Crippen LogP contribution in [0.2, 0.25) is 6.04 Å². The number of hydrogen-bond donors (Lipinski definition) is 0. The second-order valence-electron chi connectivity index (χ2n) is 6.39. The first-order chi connectivity index (χ1) is 9.18. The maximum Gasteiger partial charge on any atom is 0.355 e. The third kappa shape index (κ3) is 2.92. The molecule has 0 amide bonds. The predicted octanol–water partition coefficient (Wildman–Crippen LogP) is 3.18. The Kier molecular flexibility index (Phi) is 5.46. The SMILES string of the molecule is CCC[Si](OC)(OC)C1C2CCCCC2CCN1C. The second kappa shape index (κ2) is 6.70. The van der Waals surface area contributed by atoms with Crippen LogP contribution in [-0.2, 0) is 8.85 Å². The quantitative estimate of drug-likeness (QED) is 0.724. The van der Waals surface area contributed by atoms with Crippen LogP contribution in [0.5, 0.6) is 0 Å². The highest BCUT2D eigenvalue weighted by Crippen LogP contribution is 2.43. The van der Waals surface area contributed by atoms with E-state index in [-0.39, 0.29) is 0 Å². The van der Waals surface area contributed by atoms with E-state index in [1.165, 1.54) is 38.6 Å². The number of piperidine rings is 1. The predicted molar refractivity (Wildman–Crippen MR) is 81.4 cm³/mol. The molecule has 0 spiro atoms. The number of fused-ring (bicyclic) bond motifs is 1. The van der Waals surface area contributed by atoms with Crippen LogP contribution in [0, 0.1) is 11.8 Å². The lowest BCUT2D eigenvalue weighted by Gasteiger charge is -2.51. The van der Waals surface area contributed by atoms with Gasteiger partial charge < -0.3 is 13.8 Å². The van der Waals surface area contributed by atoms with Gasteiger partial charge in [-0.2, -0.15) is 0 Å². The zero-order valence-corrected chi connectivity index (χ0v) is 14.2. The van der Waals surface area contributed by atoms with Crippen LogP contribution in [0.1, 0.15) is 45.4 Å². The van der Waals surface area contributed by atoms with Gasteiger partial charge in [0.2, 0.25) is 0 Å². The summed E-state index contributed by atoms with van der Waals surface area (Å²) in [6.07, 6.45) is 8.18. The van der Waals surface area contributed by atoms with E-state index in [2.05, 4.69) is 18.9 Å². The molecule has 2 aliphatic rings. The van der Waals surface area contributed by atoms with E-state index < -0.39 is 8.56 Å². The molecule has 0 radical (unpaired) electrons. The molecule has 1 aliphatic heterocycles. The average Bonchev–Trinajstić information content (AvgIpc) is 2.45. The van der Waals surface area contributed by atoms with Crippen molar-refractivity contribution in [1.29, 1.82) is 0 Å². The third-order valence-corrected chi connectivity index (χ3v) is 9.79. The third-order valence-electron chi connectivity index (χ3n) is 5.44. The van der Waals surface area contributed by atoms with Crippen LogP contribution in [-0.4, -0.2) is 46.9 Å². The summed E-state index contributed by atoms with van der Waals surface area (Å²) in [5.41, 5.74) is 0.557. The van der Waals surface area contributed by atoms with Crippen molar-refractivity contribution in [2.75, 3.05) is 27.8 Å². The minimum Gasteiger partial charge on any atom is -0.397 e. The van der Waals surface area contributed by atoms with Gasteiger partial charge in [0.1, 0.15) is 0 Å². The zero-order valence-electron chi connectivity index (χ0n) is 13.2. The van der Waals surface area contributed by atoms with Gasteiger partial charge in [0.15, 0.2) is 0 Å². The minimum absolute atomic E-state index is 0.557. The lowest BCUT2D eigenvalue weighted by atomic mass is 9.75. The van der Waals surface area contributed by atoms with Crippen molar-refractivity contribution < 1.29 is 8.85 Å². The van der Waals surface area contributed by atoms with E-state index in [0.29, 0.717) is 5.67 Å². The first-order valence-electron chi connectivity index (χ1n) is 7.99. The maximum atomic E-state index is 6.06. The summed E-state index contributed by atoms with van der Waals surface area (Å²) in [5, 5.41) is 0. The van der Waals surface area contributed by atoms with E-state index in [0.717, 1.165) is 24.3 Å². The fraction of sp³-hybridized carbons (Fsp3) is 1.00. The first kappa shape index (κ1) is 15.5. The standard InChI is InChI=1S/C15H31NO2Si/c1-5-12-19(17-3,18-4)15-14-9-7-6-8-13(14)10-11-16(15)2/h13-15H,5-12H2,1-4H3. The Morgan fingerprint density at radius 3 is 2.42 bits per heavy atom. The second-order valence-corrected chi connectivity index (χ2v) is 9.92. The fourth-order valence-corrected chi connectivity index (χ4v) is 8.48. The molecule has 3 atom stereocenters. The summed E-state index contributed by atoms with van der Waals surface area (Å²) in [6, 6.07) is 1.12. The summed E-state index contributed by atoms with van der Waals surface area (Å²) in [4.78, 5) is 2.56. The van der Waals surface area contributed by atoms with Gasteiger partial charge in [0, 0.05) is 14.2 Å². The monoisotopic (exact) mass is 285 g/mol. The van der Waals surface area contributed by atoms with E-state index in [9.17, 15) is 0 Å². The molecule has 0 aromatic carbocycles. The number of hydrogen-bond acceptors (Lipinski definition) is 3. The van der Waals surface area contributed by atoms with Crippen molar-refractivity contribution in [3.05, 3.63) is 0 Å². The van der Waals surface area contributed by atoms with Crippen LogP contribution < -0.4 is 0 Å². The molecule has 1 saturated carbocycles. The molecule has 0 N–H and O–H groups in total. The molecule has 0 aromatic rings. The molecule has 3 unspecified atom stereocenters. The van der Waals surface area contributed by atoms with Gasteiger partial charge in [0.25, 0.3) is 0 Å². The van der Waals surface area contributed by atoms with Gasteiger partial charge in [-0.3, -0.25) is 0 Å². The first-order valence-corrected chi connectivity index (χ1v) is 10.1. The maximum absolute atomic E-state index is 6.06. The topological polar surface area (TPSA) is 21.7 Å². The summed E-state index contributed by atoms with van der Waals surface area (Å²) < 4.78 is 12.1. The number of rotatable bonds is 5. The lowest BCUT2D eigenvalue weighted by molar-refractivity contribution is 0.0459. The summed E-state index contributed by atoms with van der Waals surface area (Å²) in [6.45, 7) is 3.47. The highest BCUT2D eigenvalue weighted by molar-refractivity contribution is 6.69. The highest BCUT2D eigenvalue weighted by Gasteiger charge is 2.53. The number of likely N-dealkylation sites (tertiary alicyclic amines) is 1. The molecule has 2 rings (SSSR count). The van der Waals surface area contributed by atoms with Crippen LogP contribution in [0.3, 0.4) is 0 Å². The van der Waals surface area contributed by atoms with Crippen LogP contribution in [0.15, 0.2) is 0 Å². The molecule has 112 valence electrons. The molecule has 19 heavy (non-hydrogen) atoms. The van der Waals surface area contributed by atoms with Gasteiger partial charge >= 0.3 is 8.56 Å². The summed E-state index contributed by atoms with van der Waals surface area (Å²) in [5.74, 6) is 1.73. The molecule has 1 aliphatic carbocycles. The van der Waals surface area contributed by atoms with E-state index in [4.69, 9.17) is 8.85 Å². The zero-order chi connectivity index (χ0) is 13.9. The van der Waals surface area contributed by atoms with Crippen molar-refractivity contribution in [2.45, 2.75) is 57.2 Å². The normalized spacial score (nSPS) is 33.2. The van der Waals surface area contributed by atoms with Crippen LogP contribution in [0.4, 0.5) is 0 Å². The fourth-order valence-electron chi connectivity index (χ4n) is 4.53. The van der Waals surface area contributed by atoms with Crippen molar-refractivity contribution >= 4 is 8.56 Å². The average molecular weight is 286 g/mol. The Bertz CT molecular complexity index is 283. The molecule has 3 nitrogen and oxygen atoms in total. The molecule has 2 fully saturated rings. The smallest absolute Gasteiger partial charge is 0.355 e. The minimum atomic E-state index is -2.09. The molecular weight excluding hydrogens is 254 g/mol. The Morgan fingerprint density at radius 2 is 1.79 bits per heavy atom. The Morgan fingerprint density at radius 1 is 1.11 bits per heavy atom. The largest absolute Gasteiger partial charge is 0.397 e. The summed E-state index contributed by atoms with van der Waals surface area (Å²) in [7, 11) is 3.96. The van der Waals surface area contributed by atoms with Crippen molar-refractivity contribution in [3.63, 3.8) is 0 Å². The molecule has 0 bridgehead atoms. The Labute approximate surface area is 119 Å². The van der Waals surface area contributed by atoms with Gasteiger partial charge in [-0.15, -0.1) is 0 Å². The van der Waals surface area contributed by atoms with Crippen LogP contribution >= 0.6 is 0 Å². The highest BCUT2D eigenvalue weighted by atomic mass is 28.4. The molecule has 1 saturated heterocycles. The molecule has 0 aromatic heterocycles. The lowest BCUT2D eigenvalue weighted by Crippen LogP contribution is -2.65. The van der Waals surface area contributed by atoms with E-state index >= 15 is 0 Å². The Hall–Kier alpha value is 0.0969. The van der Waals surface area contributed by atoms with Crippen molar-refractivity contribution in [1.82, 2.24) is 4.90 Å². The van der Waals surface area contributed by atoms with Crippen LogP contribution in [0.25, 0.3) is 0 Å².